The monoisotopic (exact) mass is 239 g/mol. The first-order valence-corrected chi connectivity index (χ1v) is 5.30. The summed E-state index contributed by atoms with van der Waals surface area (Å²) in [5, 5.41) is 4.11. The van der Waals surface area contributed by atoms with Gasteiger partial charge >= 0.3 is 6.03 Å². The van der Waals surface area contributed by atoms with Gasteiger partial charge in [0.2, 0.25) is 0 Å². The number of urea groups is 1. The standard InChI is InChI=1S/C10H13N3O4/c1-6(13-2-4-17-5-3-13)7-8(14)11-10(16)12-9(7)15/h2-5H2,1H3,(H2,11,12,14,15,16). The van der Waals surface area contributed by atoms with Crippen LogP contribution in [0.5, 0.6) is 0 Å². The molecule has 0 atom stereocenters. The van der Waals surface area contributed by atoms with Gasteiger partial charge in [0.1, 0.15) is 5.57 Å². The van der Waals surface area contributed by atoms with Gasteiger partial charge in [0.25, 0.3) is 11.8 Å². The first-order chi connectivity index (χ1) is 8.09. The summed E-state index contributed by atoms with van der Waals surface area (Å²) < 4.78 is 5.19. The van der Waals surface area contributed by atoms with E-state index in [0.717, 1.165) is 0 Å². The molecule has 4 amide bonds. The van der Waals surface area contributed by atoms with Crippen LogP contribution in [0.2, 0.25) is 0 Å². The molecule has 0 aromatic carbocycles. The van der Waals surface area contributed by atoms with Crippen LogP contribution in [0.4, 0.5) is 4.79 Å². The molecule has 2 N–H and O–H groups in total. The summed E-state index contributed by atoms with van der Waals surface area (Å²) in [6, 6.07) is -0.779. The molecule has 92 valence electrons. The van der Waals surface area contributed by atoms with E-state index in [2.05, 4.69) is 10.6 Å². The molecule has 2 aliphatic rings. The second-order valence-corrected chi connectivity index (χ2v) is 3.80. The van der Waals surface area contributed by atoms with Crippen LogP contribution < -0.4 is 10.6 Å². The Kier molecular flexibility index (Phi) is 3.10. The maximum absolute atomic E-state index is 11.6. The van der Waals surface area contributed by atoms with Crippen molar-refractivity contribution in [1.82, 2.24) is 15.5 Å². The molecule has 2 rings (SSSR count). The minimum absolute atomic E-state index is 0.00787. The van der Waals surface area contributed by atoms with Crippen molar-refractivity contribution in [3.63, 3.8) is 0 Å². The number of hydrogen-bond acceptors (Lipinski definition) is 5. The van der Waals surface area contributed by atoms with Crippen molar-refractivity contribution in [2.24, 2.45) is 0 Å². The zero-order valence-corrected chi connectivity index (χ0v) is 9.41. The highest BCUT2D eigenvalue weighted by atomic mass is 16.5. The van der Waals surface area contributed by atoms with Crippen molar-refractivity contribution in [3.8, 4) is 0 Å². The SMILES string of the molecule is CC(=C1C(=O)NC(=O)NC1=O)N1CCOCC1. The zero-order chi connectivity index (χ0) is 12.4. The van der Waals surface area contributed by atoms with E-state index in [1.807, 2.05) is 4.90 Å². The quantitative estimate of drug-likeness (QED) is 0.450. The van der Waals surface area contributed by atoms with E-state index in [4.69, 9.17) is 4.74 Å². The molecular weight excluding hydrogens is 226 g/mol. The number of imide groups is 2. The van der Waals surface area contributed by atoms with Crippen LogP contribution in [0.25, 0.3) is 0 Å². The number of hydrogen-bond donors (Lipinski definition) is 2. The van der Waals surface area contributed by atoms with Crippen molar-refractivity contribution in [2.45, 2.75) is 6.92 Å². The highest BCUT2D eigenvalue weighted by Crippen LogP contribution is 2.14. The molecule has 0 unspecified atom stereocenters. The molecular formula is C10H13N3O4. The van der Waals surface area contributed by atoms with E-state index in [1.54, 1.807) is 6.92 Å². The summed E-state index contributed by atoms with van der Waals surface area (Å²) in [6.45, 7) is 4.07. The molecule has 2 aliphatic heterocycles. The number of barbiturate groups is 1. The number of allylic oxidation sites excluding steroid dienone is 1. The Hall–Kier alpha value is -1.89. The van der Waals surface area contributed by atoms with E-state index in [9.17, 15) is 14.4 Å². The first-order valence-electron chi connectivity index (χ1n) is 5.30. The molecule has 7 nitrogen and oxygen atoms in total. The predicted molar refractivity (Wildman–Crippen MR) is 56.8 cm³/mol. The zero-order valence-electron chi connectivity index (χ0n) is 9.41. The van der Waals surface area contributed by atoms with E-state index in [-0.39, 0.29) is 5.57 Å². The Morgan fingerprint density at radius 3 is 2.18 bits per heavy atom. The summed E-state index contributed by atoms with van der Waals surface area (Å²) in [6.07, 6.45) is 0. The molecule has 0 aromatic rings. The highest BCUT2D eigenvalue weighted by molar-refractivity contribution is 6.29. The fourth-order valence-electron chi connectivity index (χ4n) is 1.85. The number of nitrogens with zero attached hydrogens (tertiary/aromatic N) is 1. The van der Waals surface area contributed by atoms with Gasteiger partial charge in [-0.25, -0.2) is 4.79 Å². The van der Waals surface area contributed by atoms with Gasteiger partial charge in [0.05, 0.1) is 13.2 Å². The number of nitrogens with one attached hydrogen (secondary N) is 2. The van der Waals surface area contributed by atoms with E-state index in [0.29, 0.717) is 32.0 Å². The molecule has 2 saturated heterocycles. The second kappa shape index (κ2) is 4.54. The van der Waals surface area contributed by atoms with Crippen LogP contribution in [-0.2, 0) is 14.3 Å². The Morgan fingerprint density at radius 1 is 1.12 bits per heavy atom. The third-order valence-corrected chi connectivity index (χ3v) is 2.76. The van der Waals surface area contributed by atoms with Gasteiger partial charge in [-0.3, -0.25) is 20.2 Å². The number of morpholine rings is 1. The van der Waals surface area contributed by atoms with Crippen molar-refractivity contribution in [3.05, 3.63) is 11.3 Å². The van der Waals surface area contributed by atoms with Crippen LogP contribution >= 0.6 is 0 Å². The van der Waals surface area contributed by atoms with Gasteiger partial charge in [-0.1, -0.05) is 0 Å². The van der Waals surface area contributed by atoms with Gasteiger partial charge in [-0.2, -0.15) is 0 Å². The molecule has 0 radical (unpaired) electrons. The summed E-state index contributed by atoms with van der Waals surface area (Å²) in [4.78, 5) is 36.0. The van der Waals surface area contributed by atoms with Crippen LogP contribution in [-0.4, -0.2) is 49.0 Å². The number of carbonyl (C=O) groups is 3. The normalized spacial score (nSPS) is 21.1. The van der Waals surface area contributed by atoms with Gasteiger partial charge in [-0.15, -0.1) is 0 Å². The van der Waals surface area contributed by atoms with Gasteiger partial charge in [-0.05, 0) is 6.92 Å². The summed E-state index contributed by atoms with van der Waals surface area (Å²) in [5.41, 5.74) is 0.558. The Morgan fingerprint density at radius 2 is 1.65 bits per heavy atom. The summed E-state index contributed by atoms with van der Waals surface area (Å²) in [7, 11) is 0. The number of amides is 4. The van der Waals surface area contributed by atoms with Crippen LogP contribution in [0.3, 0.4) is 0 Å². The van der Waals surface area contributed by atoms with Gasteiger partial charge in [0, 0.05) is 18.8 Å². The average molecular weight is 239 g/mol. The molecule has 2 fully saturated rings. The number of carbonyl (C=O) groups excluding carboxylic acids is 3. The molecule has 0 aliphatic carbocycles. The van der Waals surface area contributed by atoms with Crippen molar-refractivity contribution in [1.29, 1.82) is 0 Å². The third kappa shape index (κ3) is 2.28. The molecule has 17 heavy (non-hydrogen) atoms. The lowest BCUT2D eigenvalue weighted by molar-refractivity contribution is -0.124. The Labute approximate surface area is 97.8 Å². The van der Waals surface area contributed by atoms with Crippen molar-refractivity contribution < 1.29 is 19.1 Å². The highest BCUT2D eigenvalue weighted by Gasteiger charge is 2.31. The fourth-order valence-corrected chi connectivity index (χ4v) is 1.85. The minimum Gasteiger partial charge on any atom is -0.378 e. The van der Waals surface area contributed by atoms with Crippen molar-refractivity contribution in [2.75, 3.05) is 26.3 Å². The van der Waals surface area contributed by atoms with Gasteiger partial charge in [0.15, 0.2) is 0 Å². The van der Waals surface area contributed by atoms with Crippen LogP contribution in [0.1, 0.15) is 6.92 Å². The molecule has 0 bridgehead atoms. The average Bonchev–Trinajstić information content (AvgIpc) is 2.28. The third-order valence-electron chi connectivity index (χ3n) is 2.76. The van der Waals surface area contributed by atoms with E-state index < -0.39 is 17.8 Å². The van der Waals surface area contributed by atoms with E-state index >= 15 is 0 Å². The maximum Gasteiger partial charge on any atom is 0.328 e. The van der Waals surface area contributed by atoms with Crippen LogP contribution in [0, 0.1) is 0 Å². The Bertz CT molecular complexity index is 388. The maximum atomic E-state index is 11.6. The summed E-state index contributed by atoms with van der Waals surface area (Å²) in [5.74, 6) is -1.30. The molecule has 7 heteroatoms. The minimum atomic E-state index is -0.779. The van der Waals surface area contributed by atoms with Gasteiger partial charge < -0.3 is 9.64 Å². The predicted octanol–water partition coefficient (Wildman–Crippen LogP) is -1.04. The second-order valence-electron chi connectivity index (χ2n) is 3.80. The molecule has 0 aromatic heterocycles. The number of ether oxygens (including phenoxy) is 1. The molecule has 0 spiro atoms. The Balaban J connectivity index is 2.25. The fraction of sp³-hybridized carbons (Fsp3) is 0.500. The lowest BCUT2D eigenvalue weighted by Gasteiger charge is -2.31. The lowest BCUT2D eigenvalue weighted by atomic mass is 10.1. The number of rotatable bonds is 1. The van der Waals surface area contributed by atoms with Crippen molar-refractivity contribution >= 4 is 17.8 Å². The van der Waals surface area contributed by atoms with E-state index in [1.165, 1.54) is 0 Å². The lowest BCUT2D eigenvalue weighted by Crippen LogP contribution is -2.53. The topological polar surface area (TPSA) is 87.7 Å². The summed E-state index contributed by atoms with van der Waals surface area (Å²) >= 11 is 0. The smallest absolute Gasteiger partial charge is 0.328 e. The largest absolute Gasteiger partial charge is 0.378 e. The van der Waals surface area contributed by atoms with Crippen LogP contribution in [0.15, 0.2) is 11.3 Å². The molecule has 2 heterocycles. The first kappa shape index (κ1) is 11.6. The molecule has 0 saturated carbocycles.